The molecule has 0 atom stereocenters. The monoisotopic (exact) mass is 396 g/mol. The highest BCUT2D eigenvalue weighted by molar-refractivity contribution is 7.89. The van der Waals surface area contributed by atoms with Crippen LogP contribution in [0.1, 0.15) is 12.5 Å². The maximum Gasteiger partial charge on any atom is 0.276 e. The second kappa shape index (κ2) is 7.84. The van der Waals surface area contributed by atoms with Crippen LogP contribution in [0.25, 0.3) is 0 Å². The summed E-state index contributed by atoms with van der Waals surface area (Å²) in [6, 6.07) is 9.36. The maximum atomic E-state index is 12.3. The van der Waals surface area contributed by atoms with Crippen LogP contribution in [-0.4, -0.2) is 34.5 Å². The van der Waals surface area contributed by atoms with Gasteiger partial charge in [0.05, 0.1) is 22.7 Å². The van der Waals surface area contributed by atoms with Crippen molar-refractivity contribution in [3.05, 3.63) is 47.0 Å². The minimum atomic E-state index is -3.78. The first-order chi connectivity index (χ1) is 12.5. The van der Waals surface area contributed by atoms with Gasteiger partial charge in [-0.05, 0) is 48.9 Å². The highest BCUT2D eigenvalue weighted by Crippen LogP contribution is 2.37. The molecule has 2 aromatic carbocycles. The largest absolute Gasteiger partial charge is 0.494 e. The van der Waals surface area contributed by atoms with Crippen LogP contribution < -0.4 is 19.0 Å². The van der Waals surface area contributed by atoms with Crippen molar-refractivity contribution in [3.63, 3.8) is 0 Å². The standard InChI is InChI=1S/C17H17ClN2O5S/c1-2-23-13-3-5-14(6-4-13)26(21,22)20-19-11-12-9-15(18)17-16(10-12)24-7-8-25-17/h3-6,9-11,20H,2,7-8H2,1H3/b19-11-. The van der Waals surface area contributed by atoms with Gasteiger partial charge in [0, 0.05) is 0 Å². The quantitative estimate of drug-likeness (QED) is 0.599. The summed E-state index contributed by atoms with van der Waals surface area (Å²) < 4.78 is 40.7. The van der Waals surface area contributed by atoms with Gasteiger partial charge < -0.3 is 14.2 Å². The number of hydrogen-bond acceptors (Lipinski definition) is 6. The van der Waals surface area contributed by atoms with Crippen LogP contribution in [0.15, 0.2) is 46.4 Å². The van der Waals surface area contributed by atoms with Crippen LogP contribution in [-0.2, 0) is 10.0 Å². The molecule has 0 aliphatic carbocycles. The number of fused-ring (bicyclic) bond motifs is 1. The third kappa shape index (κ3) is 4.20. The lowest BCUT2D eigenvalue weighted by atomic mass is 10.2. The summed E-state index contributed by atoms with van der Waals surface area (Å²) in [6.07, 6.45) is 1.34. The van der Waals surface area contributed by atoms with Crippen molar-refractivity contribution >= 4 is 27.8 Å². The number of nitrogens with zero attached hydrogens (tertiary/aromatic N) is 1. The zero-order chi connectivity index (χ0) is 18.6. The minimum Gasteiger partial charge on any atom is -0.494 e. The molecule has 1 aliphatic rings. The molecule has 1 aliphatic heterocycles. The average molecular weight is 397 g/mol. The fourth-order valence-corrected chi connectivity index (χ4v) is 3.37. The summed E-state index contributed by atoms with van der Waals surface area (Å²) in [4.78, 5) is 2.24. The number of halogens is 1. The first-order valence-electron chi connectivity index (χ1n) is 7.86. The van der Waals surface area contributed by atoms with E-state index in [-0.39, 0.29) is 4.90 Å². The third-order valence-corrected chi connectivity index (χ3v) is 4.97. The molecule has 7 nitrogen and oxygen atoms in total. The van der Waals surface area contributed by atoms with Gasteiger partial charge in [-0.3, -0.25) is 0 Å². The molecule has 0 saturated carbocycles. The van der Waals surface area contributed by atoms with Crippen LogP contribution in [0, 0.1) is 0 Å². The molecule has 0 saturated heterocycles. The molecular weight excluding hydrogens is 380 g/mol. The Balaban J connectivity index is 1.72. The summed E-state index contributed by atoms with van der Waals surface area (Å²) in [7, 11) is -3.78. The van der Waals surface area contributed by atoms with Gasteiger partial charge in [-0.25, -0.2) is 4.83 Å². The molecule has 26 heavy (non-hydrogen) atoms. The summed E-state index contributed by atoms with van der Waals surface area (Å²) in [6.45, 7) is 3.22. The molecule has 0 aromatic heterocycles. The molecule has 0 unspecified atom stereocenters. The van der Waals surface area contributed by atoms with Crippen molar-refractivity contribution in [2.24, 2.45) is 5.10 Å². The lowest BCUT2D eigenvalue weighted by Gasteiger charge is -2.19. The maximum absolute atomic E-state index is 12.3. The van der Waals surface area contributed by atoms with Gasteiger partial charge in [0.2, 0.25) is 0 Å². The molecule has 138 valence electrons. The van der Waals surface area contributed by atoms with E-state index in [4.69, 9.17) is 25.8 Å². The minimum absolute atomic E-state index is 0.0818. The van der Waals surface area contributed by atoms with Gasteiger partial charge in [0.15, 0.2) is 11.5 Å². The molecule has 0 bridgehead atoms. The predicted molar refractivity (Wildman–Crippen MR) is 98.0 cm³/mol. The Morgan fingerprint density at radius 3 is 2.69 bits per heavy atom. The summed E-state index contributed by atoms with van der Waals surface area (Å²) in [5, 5.41) is 4.16. The Morgan fingerprint density at radius 2 is 1.96 bits per heavy atom. The van der Waals surface area contributed by atoms with Crippen molar-refractivity contribution in [2.75, 3.05) is 19.8 Å². The number of hydrazone groups is 1. The Labute approximate surface area is 156 Å². The lowest BCUT2D eigenvalue weighted by Crippen LogP contribution is -2.18. The number of ether oxygens (including phenoxy) is 3. The zero-order valence-electron chi connectivity index (χ0n) is 13.9. The SMILES string of the molecule is CCOc1ccc(S(=O)(=O)N/N=C\c2cc(Cl)c3c(c2)OCCO3)cc1. The normalized spacial score (nSPS) is 13.6. The Hall–Kier alpha value is -2.45. The first kappa shape index (κ1) is 18.3. The molecule has 0 amide bonds. The number of benzene rings is 2. The Kier molecular flexibility index (Phi) is 5.53. The van der Waals surface area contributed by atoms with Crippen molar-refractivity contribution in [2.45, 2.75) is 11.8 Å². The van der Waals surface area contributed by atoms with Crippen molar-refractivity contribution in [3.8, 4) is 17.2 Å². The van der Waals surface area contributed by atoms with Crippen LogP contribution in [0.5, 0.6) is 17.2 Å². The first-order valence-corrected chi connectivity index (χ1v) is 9.72. The molecule has 1 heterocycles. The summed E-state index contributed by atoms with van der Waals surface area (Å²) in [5.41, 5.74) is 0.577. The van der Waals surface area contributed by atoms with E-state index in [1.807, 2.05) is 6.92 Å². The number of hydrogen-bond donors (Lipinski definition) is 1. The molecule has 9 heteroatoms. The van der Waals surface area contributed by atoms with Gasteiger partial charge in [-0.15, -0.1) is 0 Å². The summed E-state index contributed by atoms with van der Waals surface area (Å²) >= 11 is 6.14. The van der Waals surface area contributed by atoms with Gasteiger partial charge in [0.1, 0.15) is 19.0 Å². The van der Waals surface area contributed by atoms with Crippen molar-refractivity contribution in [1.29, 1.82) is 0 Å². The van der Waals surface area contributed by atoms with E-state index in [0.29, 0.717) is 47.7 Å². The van der Waals surface area contributed by atoms with E-state index >= 15 is 0 Å². The molecule has 1 N–H and O–H groups in total. The highest BCUT2D eigenvalue weighted by atomic mass is 35.5. The van der Waals surface area contributed by atoms with Gasteiger partial charge >= 0.3 is 0 Å². The third-order valence-electron chi connectivity index (χ3n) is 3.45. The molecule has 0 fully saturated rings. The van der Waals surface area contributed by atoms with Crippen molar-refractivity contribution in [1.82, 2.24) is 4.83 Å². The second-order valence-corrected chi connectivity index (χ2v) is 7.35. The van der Waals surface area contributed by atoms with Gasteiger partial charge in [-0.1, -0.05) is 11.6 Å². The lowest BCUT2D eigenvalue weighted by molar-refractivity contribution is 0.171. The van der Waals surface area contributed by atoms with E-state index in [9.17, 15) is 8.42 Å². The fraction of sp³-hybridized carbons (Fsp3) is 0.235. The molecule has 0 radical (unpaired) electrons. The predicted octanol–water partition coefficient (Wildman–Crippen LogP) is 2.82. The molecule has 2 aromatic rings. The zero-order valence-corrected chi connectivity index (χ0v) is 15.5. The Morgan fingerprint density at radius 1 is 1.23 bits per heavy atom. The van der Waals surface area contributed by atoms with Gasteiger partial charge in [-0.2, -0.15) is 13.5 Å². The van der Waals surface area contributed by atoms with Gasteiger partial charge in [0.25, 0.3) is 10.0 Å². The average Bonchev–Trinajstić information content (AvgIpc) is 2.62. The molecular formula is C17H17ClN2O5S. The van der Waals surface area contributed by atoms with E-state index in [1.54, 1.807) is 24.3 Å². The topological polar surface area (TPSA) is 86.2 Å². The van der Waals surface area contributed by atoms with Crippen LogP contribution >= 0.6 is 11.6 Å². The number of rotatable bonds is 6. The number of nitrogens with one attached hydrogen (secondary N) is 1. The highest BCUT2D eigenvalue weighted by Gasteiger charge is 2.16. The van der Waals surface area contributed by atoms with E-state index in [2.05, 4.69) is 9.93 Å². The van der Waals surface area contributed by atoms with Crippen LogP contribution in [0.3, 0.4) is 0 Å². The van der Waals surface area contributed by atoms with Crippen LogP contribution in [0.2, 0.25) is 5.02 Å². The second-order valence-electron chi connectivity index (χ2n) is 5.28. The van der Waals surface area contributed by atoms with E-state index in [0.717, 1.165) is 0 Å². The molecule has 0 spiro atoms. The Bertz CT molecular complexity index is 913. The van der Waals surface area contributed by atoms with Crippen LogP contribution in [0.4, 0.5) is 0 Å². The fourth-order valence-electron chi connectivity index (χ4n) is 2.31. The van der Waals surface area contributed by atoms with E-state index < -0.39 is 10.0 Å². The van der Waals surface area contributed by atoms with Crippen molar-refractivity contribution < 1.29 is 22.6 Å². The molecule has 3 rings (SSSR count). The van der Waals surface area contributed by atoms with E-state index in [1.165, 1.54) is 18.3 Å². The number of sulfonamides is 1. The smallest absolute Gasteiger partial charge is 0.276 e. The summed E-state index contributed by atoms with van der Waals surface area (Å²) in [5.74, 6) is 1.57.